The Hall–Kier alpha value is -0.415. The minimum atomic E-state index is -0.481. The van der Waals surface area contributed by atoms with E-state index in [1.165, 1.54) is 0 Å². The van der Waals surface area contributed by atoms with Crippen LogP contribution in [0.4, 0.5) is 0 Å². The molecule has 0 saturated carbocycles. The van der Waals surface area contributed by atoms with Crippen molar-refractivity contribution in [1.29, 1.82) is 0 Å². The van der Waals surface area contributed by atoms with Crippen molar-refractivity contribution in [3.63, 3.8) is 0 Å². The van der Waals surface area contributed by atoms with E-state index >= 15 is 0 Å². The number of rotatable bonds is 3. The Labute approximate surface area is 130 Å². The molecule has 0 aromatic heterocycles. The fourth-order valence-corrected chi connectivity index (χ4v) is 2.59. The van der Waals surface area contributed by atoms with Crippen LogP contribution in [-0.4, -0.2) is 24.9 Å². The molecule has 3 nitrogen and oxygen atoms in total. The average Bonchev–Trinajstić information content (AvgIpc) is 2.53. The quantitative estimate of drug-likeness (QED) is 0.796. The predicted octanol–water partition coefficient (Wildman–Crippen LogP) is 3.69. The number of halogens is 2. The summed E-state index contributed by atoms with van der Waals surface area (Å²) in [4.78, 5) is 0. The van der Waals surface area contributed by atoms with Crippen molar-refractivity contribution in [3.05, 3.63) is 22.2 Å². The Morgan fingerprint density at radius 2 is 1.50 bits per heavy atom. The van der Waals surface area contributed by atoms with Gasteiger partial charge in [-0.05, 0) is 52.2 Å². The maximum atomic E-state index is 6.21. The van der Waals surface area contributed by atoms with E-state index in [2.05, 4.69) is 0 Å². The van der Waals surface area contributed by atoms with E-state index in [1.807, 2.05) is 34.6 Å². The third-order valence-electron chi connectivity index (χ3n) is 3.83. The normalized spacial score (nSPS) is 20.2. The third-order valence-corrected chi connectivity index (χ3v) is 4.40. The molecule has 0 aliphatic carbocycles. The molecule has 1 heterocycles. The fraction of sp³-hybridized carbons (Fsp3) is 0.571. The van der Waals surface area contributed by atoms with Gasteiger partial charge in [0.2, 0.25) is 0 Å². The van der Waals surface area contributed by atoms with Crippen molar-refractivity contribution in [2.75, 3.05) is 6.61 Å². The molecule has 110 valence electrons. The summed E-state index contributed by atoms with van der Waals surface area (Å²) in [7, 11) is -0.481. The van der Waals surface area contributed by atoms with Gasteiger partial charge in [-0.3, -0.25) is 0 Å². The Morgan fingerprint density at radius 1 is 1.05 bits per heavy atom. The van der Waals surface area contributed by atoms with E-state index in [0.717, 1.165) is 5.46 Å². The Kier molecular flexibility index (Phi) is 4.32. The molecule has 0 unspecified atom stereocenters. The molecule has 1 aliphatic heterocycles. The Balaban J connectivity index is 2.32. The van der Waals surface area contributed by atoms with E-state index < -0.39 is 18.3 Å². The van der Waals surface area contributed by atoms with Crippen molar-refractivity contribution < 1.29 is 14.0 Å². The molecule has 6 heteroatoms. The lowest BCUT2D eigenvalue weighted by molar-refractivity contribution is 0.00578. The van der Waals surface area contributed by atoms with Crippen LogP contribution in [0.2, 0.25) is 10.0 Å². The van der Waals surface area contributed by atoms with E-state index in [9.17, 15) is 0 Å². The summed E-state index contributed by atoms with van der Waals surface area (Å²) in [6.45, 7) is 10.4. The second kappa shape index (κ2) is 5.41. The van der Waals surface area contributed by atoms with Crippen LogP contribution in [0.3, 0.4) is 0 Å². The lowest BCUT2D eigenvalue weighted by Gasteiger charge is -2.32. The van der Waals surface area contributed by atoms with Crippen LogP contribution in [-0.2, 0) is 9.31 Å². The van der Waals surface area contributed by atoms with Crippen LogP contribution < -0.4 is 10.2 Å². The fourth-order valence-electron chi connectivity index (χ4n) is 1.98. The zero-order valence-corrected chi connectivity index (χ0v) is 13.9. The van der Waals surface area contributed by atoms with E-state index in [-0.39, 0.29) is 0 Å². The molecule has 20 heavy (non-hydrogen) atoms. The second-order valence-electron chi connectivity index (χ2n) is 5.83. The highest BCUT2D eigenvalue weighted by Gasteiger charge is 2.51. The van der Waals surface area contributed by atoms with Gasteiger partial charge < -0.3 is 14.0 Å². The van der Waals surface area contributed by atoms with Crippen LogP contribution in [0.15, 0.2) is 12.1 Å². The molecule has 0 N–H and O–H groups in total. The smallest absolute Gasteiger partial charge is 0.491 e. The van der Waals surface area contributed by atoms with Gasteiger partial charge in [-0.2, -0.15) is 0 Å². The first kappa shape index (κ1) is 16.0. The summed E-state index contributed by atoms with van der Waals surface area (Å²) in [5, 5.41) is 0.924. The summed E-state index contributed by atoms with van der Waals surface area (Å²) in [6.07, 6.45) is 0. The maximum Gasteiger partial charge on any atom is 0.494 e. The molecule has 0 bridgehead atoms. The summed E-state index contributed by atoms with van der Waals surface area (Å²) in [6, 6.07) is 3.56. The second-order valence-corrected chi connectivity index (χ2v) is 6.65. The third kappa shape index (κ3) is 2.80. The maximum absolute atomic E-state index is 6.21. The SMILES string of the molecule is CCOc1c(Cl)cc(B2OC(C)(C)C(C)(C)O2)cc1Cl. The van der Waals surface area contributed by atoms with Gasteiger partial charge in [0.25, 0.3) is 0 Å². The topological polar surface area (TPSA) is 27.7 Å². The molecule has 1 fully saturated rings. The molecule has 0 amide bonds. The summed E-state index contributed by atoms with van der Waals surface area (Å²) in [5.74, 6) is 0.496. The zero-order valence-electron chi connectivity index (χ0n) is 12.4. The predicted molar refractivity (Wildman–Crippen MR) is 83.3 cm³/mol. The first-order chi connectivity index (χ1) is 9.18. The van der Waals surface area contributed by atoms with Gasteiger partial charge in [0, 0.05) is 0 Å². The van der Waals surface area contributed by atoms with Gasteiger partial charge in [-0.15, -0.1) is 0 Å². The summed E-state index contributed by atoms with van der Waals surface area (Å²) in [5.41, 5.74) is 0.00633. The molecule has 1 saturated heterocycles. The van der Waals surface area contributed by atoms with Gasteiger partial charge in [0.1, 0.15) is 0 Å². The van der Waals surface area contributed by atoms with E-state index in [1.54, 1.807) is 12.1 Å². The molecule has 1 aliphatic rings. The van der Waals surface area contributed by atoms with Gasteiger partial charge in [0.15, 0.2) is 5.75 Å². The molecular weight excluding hydrogens is 298 g/mol. The first-order valence-corrected chi connectivity index (χ1v) is 7.41. The molecule has 0 spiro atoms. The largest absolute Gasteiger partial charge is 0.494 e. The molecule has 2 rings (SSSR count). The highest BCUT2D eigenvalue weighted by Crippen LogP contribution is 2.38. The number of ether oxygens (including phenoxy) is 1. The van der Waals surface area contributed by atoms with Crippen molar-refractivity contribution in [1.82, 2.24) is 0 Å². The summed E-state index contributed by atoms with van der Waals surface area (Å²) >= 11 is 12.4. The Morgan fingerprint density at radius 3 is 1.90 bits per heavy atom. The minimum Gasteiger partial charge on any atom is -0.491 e. The van der Waals surface area contributed by atoms with Crippen LogP contribution in [0.1, 0.15) is 34.6 Å². The molecule has 1 aromatic carbocycles. The van der Waals surface area contributed by atoms with Crippen molar-refractivity contribution >= 4 is 35.8 Å². The lowest BCUT2D eigenvalue weighted by Crippen LogP contribution is -2.41. The minimum absolute atomic E-state index is 0.394. The van der Waals surface area contributed by atoms with Crippen LogP contribution >= 0.6 is 23.2 Å². The van der Waals surface area contributed by atoms with E-state index in [0.29, 0.717) is 22.4 Å². The molecule has 1 aromatic rings. The van der Waals surface area contributed by atoms with Crippen LogP contribution in [0, 0.1) is 0 Å². The van der Waals surface area contributed by atoms with E-state index in [4.69, 9.17) is 37.2 Å². The number of benzene rings is 1. The first-order valence-electron chi connectivity index (χ1n) is 6.65. The van der Waals surface area contributed by atoms with Gasteiger partial charge in [-0.1, -0.05) is 23.2 Å². The standard InChI is InChI=1S/C14H19BCl2O3/c1-6-18-12-10(16)7-9(8-11(12)17)15-19-13(2,3)14(4,5)20-15/h7-8H,6H2,1-5H3. The highest BCUT2D eigenvalue weighted by atomic mass is 35.5. The molecular formula is C14H19BCl2O3. The molecule has 0 radical (unpaired) electrons. The van der Waals surface area contributed by atoms with Gasteiger partial charge in [0.05, 0.1) is 27.9 Å². The van der Waals surface area contributed by atoms with Crippen LogP contribution in [0.5, 0.6) is 5.75 Å². The summed E-state index contributed by atoms with van der Waals surface area (Å²) < 4.78 is 17.4. The number of hydrogen-bond donors (Lipinski definition) is 0. The van der Waals surface area contributed by atoms with Crippen molar-refractivity contribution in [3.8, 4) is 5.75 Å². The van der Waals surface area contributed by atoms with Gasteiger partial charge >= 0.3 is 7.12 Å². The van der Waals surface area contributed by atoms with Gasteiger partial charge in [-0.25, -0.2) is 0 Å². The monoisotopic (exact) mass is 316 g/mol. The number of hydrogen-bond acceptors (Lipinski definition) is 3. The van der Waals surface area contributed by atoms with Crippen molar-refractivity contribution in [2.45, 2.75) is 45.8 Å². The highest BCUT2D eigenvalue weighted by molar-refractivity contribution is 6.63. The van der Waals surface area contributed by atoms with Crippen LogP contribution in [0.25, 0.3) is 0 Å². The lowest BCUT2D eigenvalue weighted by atomic mass is 9.79. The van der Waals surface area contributed by atoms with Crippen molar-refractivity contribution in [2.24, 2.45) is 0 Å². The Bertz CT molecular complexity index is 478. The molecule has 0 atom stereocenters. The zero-order chi connectivity index (χ0) is 15.1. The average molecular weight is 317 g/mol.